The maximum absolute atomic E-state index is 12.4. The van der Waals surface area contributed by atoms with Gasteiger partial charge in [-0.15, -0.1) is 0 Å². The summed E-state index contributed by atoms with van der Waals surface area (Å²) in [5.41, 5.74) is 0.0457. The molecule has 0 aliphatic rings. The van der Waals surface area contributed by atoms with E-state index in [0.717, 1.165) is 6.42 Å². The first-order chi connectivity index (χ1) is 8.84. The molecule has 7 heteroatoms. The first kappa shape index (κ1) is 16.1. The molecule has 0 saturated heterocycles. The van der Waals surface area contributed by atoms with Crippen molar-refractivity contribution in [1.82, 2.24) is 4.31 Å². The number of benzene rings is 1. The normalized spacial score (nSPS) is 11.8. The smallest absolute Gasteiger partial charge is 0.335 e. The van der Waals surface area contributed by atoms with Crippen LogP contribution < -0.4 is 0 Å². The van der Waals surface area contributed by atoms with Crippen LogP contribution >= 0.6 is 15.9 Å². The van der Waals surface area contributed by atoms with E-state index in [4.69, 9.17) is 5.11 Å². The van der Waals surface area contributed by atoms with Crippen LogP contribution in [0.25, 0.3) is 0 Å². The van der Waals surface area contributed by atoms with Crippen LogP contribution in [0.1, 0.15) is 30.6 Å². The summed E-state index contributed by atoms with van der Waals surface area (Å²) < 4.78 is 26.4. The van der Waals surface area contributed by atoms with Gasteiger partial charge in [0, 0.05) is 17.6 Å². The van der Waals surface area contributed by atoms with Crippen LogP contribution in [0.2, 0.25) is 0 Å². The number of hydrogen-bond donors (Lipinski definition) is 1. The lowest BCUT2D eigenvalue weighted by molar-refractivity contribution is 0.0696. The van der Waals surface area contributed by atoms with Crippen LogP contribution in [0, 0.1) is 0 Å². The quantitative estimate of drug-likeness (QED) is 0.856. The second kappa shape index (κ2) is 6.49. The van der Waals surface area contributed by atoms with E-state index >= 15 is 0 Å². The van der Waals surface area contributed by atoms with Crippen molar-refractivity contribution in [1.29, 1.82) is 0 Å². The zero-order chi connectivity index (χ0) is 14.6. The first-order valence-electron chi connectivity index (χ1n) is 5.87. The molecule has 106 valence electrons. The molecule has 19 heavy (non-hydrogen) atoms. The molecule has 0 radical (unpaired) electrons. The van der Waals surface area contributed by atoms with Gasteiger partial charge in [-0.05, 0) is 40.5 Å². The Morgan fingerprint density at radius 3 is 2.42 bits per heavy atom. The molecule has 0 aliphatic carbocycles. The van der Waals surface area contributed by atoms with Gasteiger partial charge in [0.05, 0.1) is 10.5 Å². The van der Waals surface area contributed by atoms with Crippen LogP contribution in [-0.2, 0) is 10.0 Å². The molecule has 0 unspecified atom stereocenters. The number of rotatable bonds is 6. The van der Waals surface area contributed by atoms with E-state index in [1.165, 1.54) is 22.5 Å². The molecule has 0 heterocycles. The van der Waals surface area contributed by atoms with E-state index in [9.17, 15) is 13.2 Å². The predicted octanol–water partition coefficient (Wildman–Crippen LogP) is 2.57. The number of sulfonamides is 1. The third-order valence-electron chi connectivity index (χ3n) is 2.62. The molecule has 1 aromatic carbocycles. The van der Waals surface area contributed by atoms with Crippen molar-refractivity contribution in [3.63, 3.8) is 0 Å². The highest BCUT2D eigenvalue weighted by Crippen LogP contribution is 2.26. The monoisotopic (exact) mass is 349 g/mol. The minimum absolute atomic E-state index is 0.0457. The fourth-order valence-electron chi connectivity index (χ4n) is 1.68. The zero-order valence-electron chi connectivity index (χ0n) is 10.8. The van der Waals surface area contributed by atoms with E-state index in [2.05, 4.69) is 15.9 Å². The van der Waals surface area contributed by atoms with Crippen LogP contribution in [-0.4, -0.2) is 36.9 Å². The minimum Gasteiger partial charge on any atom is -0.478 e. The largest absolute Gasteiger partial charge is 0.478 e. The van der Waals surface area contributed by atoms with E-state index in [1.807, 2.05) is 6.92 Å². The first-order valence-corrected chi connectivity index (χ1v) is 8.10. The summed E-state index contributed by atoms with van der Waals surface area (Å²) >= 11 is 3.13. The van der Waals surface area contributed by atoms with Gasteiger partial charge in [-0.25, -0.2) is 13.2 Å². The number of hydrogen-bond acceptors (Lipinski definition) is 3. The van der Waals surface area contributed by atoms with Gasteiger partial charge in [0.1, 0.15) is 0 Å². The molecule has 0 bridgehead atoms. The molecular formula is C12H16BrNO4S. The third-order valence-corrected chi connectivity index (χ3v) is 5.57. The van der Waals surface area contributed by atoms with Crippen LogP contribution in [0.4, 0.5) is 0 Å². The number of carboxylic acids is 1. The summed E-state index contributed by atoms with van der Waals surface area (Å²) in [6, 6.07) is 3.91. The van der Waals surface area contributed by atoms with E-state index in [0.29, 0.717) is 13.1 Å². The molecular weight excluding hydrogens is 334 g/mol. The number of nitrogens with zero attached hydrogens (tertiary/aromatic N) is 1. The summed E-state index contributed by atoms with van der Waals surface area (Å²) in [5, 5.41) is 8.86. The highest BCUT2D eigenvalue weighted by Gasteiger charge is 2.25. The molecule has 1 aromatic rings. The molecule has 0 amide bonds. The van der Waals surface area contributed by atoms with Gasteiger partial charge in [0.25, 0.3) is 0 Å². The van der Waals surface area contributed by atoms with Crippen LogP contribution in [0.15, 0.2) is 27.6 Å². The molecule has 0 atom stereocenters. The van der Waals surface area contributed by atoms with Gasteiger partial charge in [0.15, 0.2) is 0 Å². The van der Waals surface area contributed by atoms with Gasteiger partial charge in [0.2, 0.25) is 10.0 Å². The molecule has 0 fully saturated rings. The average Bonchev–Trinajstić information content (AvgIpc) is 2.35. The Balaban J connectivity index is 3.25. The Morgan fingerprint density at radius 2 is 2.00 bits per heavy atom. The van der Waals surface area contributed by atoms with Gasteiger partial charge >= 0.3 is 5.97 Å². The lowest BCUT2D eigenvalue weighted by Crippen LogP contribution is -2.31. The van der Waals surface area contributed by atoms with Crippen molar-refractivity contribution in [3.05, 3.63) is 28.2 Å². The average molecular weight is 350 g/mol. The fourth-order valence-corrected chi connectivity index (χ4v) is 4.26. The Labute approximate surface area is 121 Å². The van der Waals surface area contributed by atoms with Gasteiger partial charge in [-0.3, -0.25) is 0 Å². The second-order valence-electron chi connectivity index (χ2n) is 3.95. The summed E-state index contributed by atoms with van der Waals surface area (Å²) in [6.07, 6.45) is 0.720. The highest BCUT2D eigenvalue weighted by atomic mass is 79.9. The SMILES string of the molecule is CCCN(CC)S(=O)(=O)c1ccc(C(=O)O)cc1Br. The molecule has 0 aliphatic heterocycles. The highest BCUT2D eigenvalue weighted by molar-refractivity contribution is 9.10. The summed E-state index contributed by atoms with van der Waals surface area (Å²) in [6.45, 7) is 4.49. The number of carbonyl (C=O) groups is 1. The van der Waals surface area contributed by atoms with Crippen LogP contribution in [0.3, 0.4) is 0 Å². The van der Waals surface area contributed by atoms with Crippen molar-refractivity contribution in [2.45, 2.75) is 25.2 Å². The number of aromatic carboxylic acids is 1. The van der Waals surface area contributed by atoms with Gasteiger partial charge in [-0.1, -0.05) is 13.8 Å². The van der Waals surface area contributed by atoms with Gasteiger partial charge in [-0.2, -0.15) is 4.31 Å². The third kappa shape index (κ3) is 3.55. The van der Waals surface area contributed by atoms with Crippen molar-refractivity contribution >= 4 is 31.9 Å². The lowest BCUT2D eigenvalue weighted by atomic mass is 10.2. The molecule has 1 rings (SSSR count). The van der Waals surface area contributed by atoms with Crippen molar-refractivity contribution in [2.75, 3.05) is 13.1 Å². The zero-order valence-corrected chi connectivity index (χ0v) is 13.2. The Hall–Kier alpha value is -0.920. The summed E-state index contributed by atoms with van der Waals surface area (Å²) in [4.78, 5) is 10.9. The Morgan fingerprint density at radius 1 is 1.37 bits per heavy atom. The fraction of sp³-hybridized carbons (Fsp3) is 0.417. The van der Waals surface area contributed by atoms with Crippen molar-refractivity contribution in [2.24, 2.45) is 0 Å². The Kier molecular flexibility index (Phi) is 5.51. The minimum atomic E-state index is -3.59. The number of halogens is 1. The molecule has 5 nitrogen and oxygen atoms in total. The van der Waals surface area contributed by atoms with E-state index in [-0.39, 0.29) is 14.9 Å². The van der Waals surface area contributed by atoms with Crippen LogP contribution in [0.5, 0.6) is 0 Å². The predicted molar refractivity (Wildman–Crippen MR) is 75.8 cm³/mol. The summed E-state index contributed by atoms with van der Waals surface area (Å²) in [5.74, 6) is -1.09. The maximum atomic E-state index is 12.4. The molecule has 1 N–H and O–H groups in total. The molecule has 0 aromatic heterocycles. The Bertz CT molecular complexity index is 571. The topological polar surface area (TPSA) is 74.7 Å². The molecule has 0 spiro atoms. The van der Waals surface area contributed by atoms with E-state index < -0.39 is 16.0 Å². The van der Waals surface area contributed by atoms with E-state index in [1.54, 1.807) is 6.92 Å². The molecule has 0 saturated carbocycles. The van der Waals surface area contributed by atoms with Crippen molar-refractivity contribution < 1.29 is 18.3 Å². The van der Waals surface area contributed by atoms with Gasteiger partial charge < -0.3 is 5.11 Å². The second-order valence-corrected chi connectivity index (χ2v) is 6.71. The summed E-state index contributed by atoms with van der Waals surface area (Å²) in [7, 11) is -3.59. The van der Waals surface area contributed by atoms with Crippen molar-refractivity contribution in [3.8, 4) is 0 Å². The lowest BCUT2D eigenvalue weighted by Gasteiger charge is -2.20. The standard InChI is InChI=1S/C12H16BrNO4S/c1-3-7-14(4-2)19(17,18)11-6-5-9(12(15)16)8-10(11)13/h5-6,8H,3-4,7H2,1-2H3,(H,15,16). The number of carboxylic acid groups (broad SMARTS) is 1. The maximum Gasteiger partial charge on any atom is 0.335 e.